The van der Waals surface area contributed by atoms with Crippen molar-refractivity contribution in [2.75, 3.05) is 13.1 Å². The van der Waals surface area contributed by atoms with Crippen molar-refractivity contribution < 1.29 is 18.0 Å². The Morgan fingerprint density at radius 2 is 1.64 bits per heavy atom. The summed E-state index contributed by atoms with van der Waals surface area (Å²) in [6.07, 6.45) is -2.34. The van der Waals surface area contributed by atoms with Gasteiger partial charge < -0.3 is 4.90 Å². The van der Waals surface area contributed by atoms with E-state index in [2.05, 4.69) is 6.92 Å². The highest BCUT2D eigenvalue weighted by molar-refractivity contribution is 5.95. The number of alkyl halides is 3. The molecule has 2 aromatic carbocycles. The lowest BCUT2D eigenvalue weighted by molar-refractivity contribution is -0.137. The van der Waals surface area contributed by atoms with Crippen LogP contribution >= 0.6 is 0 Å². The molecule has 0 atom stereocenters. The summed E-state index contributed by atoms with van der Waals surface area (Å²) in [5.41, 5.74) is 1.30. The second-order valence-corrected chi connectivity index (χ2v) is 6.63. The molecule has 1 aliphatic rings. The molecule has 1 fully saturated rings. The lowest BCUT2D eigenvalue weighted by atomic mass is 9.97. The van der Waals surface area contributed by atoms with Crippen molar-refractivity contribution in [1.82, 2.24) is 4.90 Å². The van der Waals surface area contributed by atoms with Crippen molar-refractivity contribution in [2.45, 2.75) is 25.9 Å². The normalized spacial score (nSPS) is 16.1. The fourth-order valence-electron chi connectivity index (χ4n) is 3.08. The number of piperidine rings is 1. The average Bonchev–Trinajstić information content (AvgIpc) is 2.61. The Labute approximate surface area is 145 Å². The molecule has 0 bridgehead atoms. The predicted molar refractivity (Wildman–Crippen MR) is 91.2 cm³/mol. The van der Waals surface area contributed by atoms with E-state index in [1.807, 2.05) is 4.90 Å². The summed E-state index contributed by atoms with van der Waals surface area (Å²) in [4.78, 5) is 14.5. The summed E-state index contributed by atoms with van der Waals surface area (Å²) in [7, 11) is 0. The molecule has 1 saturated heterocycles. The smallest absolute Gasteiger partial charge is 0.339 e. The molecule has 25 heavy (non-hydrogen) atoms. The molecule has 0 aliphatic carbocycles. The number of hydrogen-bond acceptors (Lipinski definition) is 1. The summed E-state index contributed by atoms with van der Waals surface area (Å²) >= 11 is 0. The van der Waals surface area contributed by atoms with Gasteiger partial charge in [-0.3, -0.25) is 4.79 Å². The number of carbonyl (C=O) groups is 1. The van der Waals surface area contributed by atoms with E-state index in [1.54, 1.807) is 24.3 Å². The molecule has 0 N–H and O–H groups in total. The quantitative estimate of drug-likeness (QED) is 0.727. The molecule has 0 radical (unpaired) electrons. The number of carbonyl (C=O) groups excluding carboxylic acids is 1. The van der Waals surface area contributed by atoms with Crippen LogP contribution in [0.1, 0.15) is 35.7 Å². The molecule has 1 amide bonds. The number of amides is 1. The minimum Gasteiger partial charge on any atom is -0.339 e. The summed E-state index contributed by atoms with van der Waals surface area (Å²) in [6.45, 7) is 3.70. The highest BCUT2D eigenvalue weighted by atomic mass is 19.4. The molecule has 0 saturated carbocycles. The van der Waals surface area contributed by atoms with Gasteiger partial charge in [0.1, 0.15) is 0 Å². The van der Waals surface area contributed by atoms with E-state index in [-0.39, 0.29) is 5.91 Å². The van der Waals surface area contributed by atoms with Gasteiger partial charge in [-0.25, -0.2) is 0 Å². The van der Waals surface area contributed by atoms with Gasteiger partial charge in [0.25, 0.3) is 5.91 Å². The molecular formula is C20H20F3NO. The maximum absolute atomic E-state index is 12.7. The number of rotatable bonds is 2. The van der Waals surface area contributed by atoms with Gasteiger partial charge in [0, 0.05) is 18.7 Å². The molecule has 2 aromatic rings. The Morgan fingerprint density at radius 1 is 1.00 bits per heavy atom. The number of likely N-dealkylation sites (tertiary alicyclic amines) is 1. The minimum atomic E-state index is -4.35. The number of nitrogens with zero attached hydrogens (tertiary/aromatic N) is 1. The zero-order valence-corrected chi connectivity index (χ0v) is 14.0. The first kappa shape index (κ1) is 17.5. The molecule has 5 heteroatoms. The molecule has 0 spiro atoms. The van der Waals surface area contributed by atoms with Crippen molar-refractivity contribution in [3.05, 3.63) is 59.7 Å². The molecule has 132 valence electrons. The Kier molecular flexibility index (Phi) is 4.84. The van der Waals surface area contributed by atoms with E-state index < -0.39 is 11.7 Å². The first-order valence-electron chi connectivity index (χ1n) is 8.41. The first-order chi connectivity index (χ1) is 11.8. The van der Waals surface area contributed by atoms with Gasteiger partial charge in [-0.15, -0.1) is 0 Å². The van der Waals surface area contributed by atoms with E-state index in [0.29, 0.717) is 17.0 Å². The number of benzene rings is 2. The molecule has 3 rings (SSSR count). The van der Waals surface area contributed by atoms with Gasteiger partial charge in [-0.2, -0.15) is 13.2 Å². The van der Waals surface area contributed by atoms with Crippen LogP contribution in [0.2, 0.25) is 0 Å². The van der Waals surface area contributed by atoms with Gasteiger partial charge in [-0.1, -0.05) is 31.2 Å². The van der Waals surface area contributed by atoms with Gasteiger partial charge in [0.2, 0.25) is 0 Å². The molecule has 2 nitrogen and oxygen atoms in total. The lowest BCUT2D eigenvalue weighted by Gasteiger charge is -2.30. The van der Waals surface area contributed by atoms with Crippen molar-refractivity contribution in [3.63, 3.8) is 0 Å². The second kappa shape index (κ2) is 6.90. The Bertz CT molecular complexity index is 744. The van der Waals surface area contributed by atoms with Crippen LogP contribution in [0.4, 0.5) is 13.2 Å². The highest BCUT2D eigenvalue weighted by Crippen LogP contribution is 2.31. The lowest BCUT2D eigenvalue weighted by Crippen LogP contribution is -2.37. The van der Waals surface area contributed by atoms with Gasteiger partial charge >= 0.3 is 6.18 Å². The third-order valence-corrected chi connectivity index (χ3v) is 4.73. The van der Waals surface area contributed by atoms with Crippen molar-refractivity contribution in [3.8, 4) is 11.1 Å². The van der Waals surface area contributed by atoms with E-state index in [1.165, 1.54) is 12.1 Å². The van der Waals surface area contributed by atoms with Crippen LogP contribution in [-0.2, 0) is 6.18 Å². The maximum Gasteiger partial charge on any atom is 0.416 e. The van der Waals surface area contributed by atoms with E-state index in [0.717, 1.165) is 43.6 Å². The largest absolute Gasteiger partial charge is 0.416 e. The minimum absolute atomic E-state index is 0.0133. The Morgan fingerprint density at radius 3 is 2.24 bits per heavy atom. The second-order valence-electron chi connectivity index (χ2n) is 6.63. The summed E-state index contributed by atoms with van der Waals surface area (Å²) in [6, 6.07) is 12.1. The number of halogens is 3. The average molecular weight is 347 g/mol. The van der Waals surface area contributed by atoms with Crippen LogP contribution < -0.4 is 0 Å². The fraction of sp³-hybridized carbons (Fsp3) is 0.350. The van der Waals surface area contributed by atoms with Crippen molar-refractivity contribution >= 4 is 5.91 Å². The molecule has 0 unspecified atom stereocenters. The zero-order chi connectivity index (χ0) is 18.0. The van der Waals surface area contributed by atoms with E-state index >= 15 is 0 Å². The Balaban J connectivity index is 1.80. The van der Waals surface area contributed by atoms with E-state index in [4.69, 9.17) is 0 Å². The van der Waals surface area contributed by atoms with Gasteiger partial charge in [0.05, 0.1) is 5.56 Å². The van der Waals surface area contributed by atoms with Gasteiger partial charge in [-0.05, 0) is 54.2 Å². The maximum atomic E-state index is 12.7. The Hall–Kier alpha value is -2.30. The third kappa shape index (κ3) is 4.03. The molecule has 1 aliphatic heterocycles. The van der Waals surface area contributed by atoms with Crippen LogP contribution in [0.3, 0.4) is 0 Å². The monoisotopic (exact) mass is 347 g/mol. The van der Waals surface area contributed by atoms with Crippen LogP contribution in [0, 0.1) is 5.92 Å². The van der Waals surface area contributed by atoms with E-state index in [9.17, 15) is 18.0 Å². The van der Waals surface area contributed by atoms with Crippen LogP contribution in [-0.4, -0.2) is 23.9 Å². The fourth-order valence-corrected chi connectivity index (χ4v) is 3.08. The first-order valence-corrected chi connectivity index (χ1v) is 8.41. The molecular weight excluding hydrogens is 327 g/mol. The summed E-state index contributed by atoms with van der Waals surface area (Å²) < 4.78 is 38.0. The molecule has 0 aromatic heterocycles. The predicted octanol–water partition coefficient (Wildman–Crippen LogP) is 5.24. The van der Waals surface area contributed by atoms with Crippen LogP contribution in [0.5, 0.6) is 0 Å². The standard InChI is InChI=1S/C20H20F3NO/c1-14-9-11-24(12-10-14)19(25)17-4-2-3-16(13-17)15-5-7-18(8-6-15)20(21,22)23/h2-8,13-14H,9-12H2,1H3. The highest BCUT2D eigenvalue weighted by Gasteiger charge is 2.30. The van der Waals surface area contributed by atoms with Crippen molar-refractivity contribution in [2.24, 2.45) is 5.92 Å². The SMILES string of the molecule is CC1CCN(C(=O)c2cccc(-c3ccc(C(F)(F)F)cc3)c2)CC1. The zero-order valence-electron chi connectivity index (χ0n) is 14.0. The van der Waals surface area contributed by atoms with Gasteiger partial charge in [0.15, 0.2) is 0 Å². The summed E-state index contributed by atoms with van der Waals surface area (Å²) in [5.74, 6) is 0.628. The topological polar surface area (TPSA) is 20.3 Å². The third-order valence-electron chi connectivity index (χ3n) is 4.73. The van der Waals surface area contributed by atoms with Crippen LogP contribution in [0.15, 0.2) is 48.5 Å². The van der Waals surface area contributed by atoms with Crippen LogP contribution in [0.25, 0.3) is 11.1 Å². The number of hydrogen-bond donors (Lipinski definition) is 0. The van der Waals surface area contributed by atoms with Crippen molar-refractivity contribution in [1.29, 1.82) is 0 Å². The summed E-state index contributed by atoms with van der Waals surface area (Å²) in [5, 5.41) is 0. The molecule has 1 heterocycles.